The number of nitrogens with zero attached hydrogens (tertiary/aromatic N) is 2. The molecule has 47 heavy (non-hydrogen) atoms. The Bertz CT molecular complexity index is 2410. The first-order valence-corrected chi connectivity index (χ1v) is 15.8. The summed E-state index contributed by atoms with van der Waals surface area (Å²) in [7, 11) is 0. The van der Waals surface area contributed by atoms with E-state index in [0.29, 0.717) is 5.82 Å². The highest BCUT2D eigenvalue weighted by molar-refractivity contribution is 6.04. The maximum Gasteiger partial charge on any atom is 0.160 e. The molecular formula is C44H28N2O. The van der Waals surface area contributed by atoms with Crippen molar-refractivity contribution >= 4 is 10.8 Å². The van der Waals surface area contributed by atoms with Gasteiger partial charge in [0.1, 0.15) is 11.5 Å². The van der Waals surface area contributed by atoms with E-state index in [1.165, 1.54) is 16.3 Å². The maximum atomic E-state index is 6.44. The Labute approximate surface area is 273 Å². The van der Waals surface area contributed by atoms with Gasteiger partial charge in [0.05, 0.1) is 11.4 Å². The van der Waals surface area contributed by atoms with Crippen molar-refractivity contribution in [3.05, 3.63) is 170 Å². The van der Waals surface area contributed by atoms with E-state index in [0.717, 1.165) is 67.4 Å². The van der Waals surface area contributed by atoms with Crippen LogP contribution in [-0.4, -0.2) is 9.97 Å². The smallest absolute Gasteiger partial charge is 0.160 e. The van der Waals surface area contributed by atoms with E-state index >= 15 is 0 Å². The molecule has 0 aliphatic carbocycles. The van der Waals surface area contributed by atoms with E-state index in [1.54, 1.807) is 0 Å². The molecular weight excluding hydrogens is 572 g/mol. The number of aromatic nitrogens is 2. The van der Waals surface area contributed by atoms with E-state index in [2.05, 4.69) is 140 Å². The van der Waals surface area contributed by atoms with Gasteiger partial charge in [0.15, 0.2) is 5.82 Å². The molecule has 3 heteroatoms. The van der Waals surface area contributed by atoms with Gasteiger partial charge in [-0.3, -0.25) is 0 Å². The molecule has 2 heterocycles. The van der Waals surface area contributed by atoms with Crippen molar-refractivity contribution in [1.82, 2.24) is 9.97 Å². The van der Waals surface area contributed by atoms with Gasteiger partial charge in [0, 0.05) is 27.6 Å². The van der Waals surface area contributed by atoms with Crippen LogP contribution < -0.4 is 4.74 Å². The Morgan fingerprint density at radius 2 is 0.957 bits per heavy atom. The summed E-state index contributed by atoms with van der Waals surface area (Å²) >= 11 is 0. The van der Waals surface area contributed by atoms with Crippen molar-refractivity contribution in [3.63, 3.8) is 0 Å². The van der Waals surface area contributed by atoms with Crippen LogP contribution in [0.25, 0.3) is 78.1 Å². The number of hydrogen-bond acceptors (Lipinski definition) is 3. The predicted octanol–water partition coefficient (Wildman–Crippen LogP) is 11.7. The first-order valence-electron chi connectivity index (χ1n) is 15.8. The summed E-state index contributed by atoms with van der Waals surface area (Å²) in [5.41, 5.74) is 11.7. The van der Waals surface area contributed by atoms with E-state index in [1.807, 2.05) is 30.3 Å². The first kappa shape index (κ1) is 27.0. The number of ether oxygens (including phenoxy) is 1. The standard InChI is InChI=1S/C44H28N2O/c1-3-11-30(12-4-1)35-17-7-8-18-36(35)40-28-39(45-44(46-40)33-13-5-2-6-14-33)31-23-21-29(22-24-31)34-25-26-37-38-19-9-15-32-16-10-20-41(43(32)38)47-42(37)27-34/h1-28H. The molecule has 1 aliphatic heterocycles. The molecule has 0 N–H and O–H groups in total. The molecule has 3 nitrogen and oxygen atoms in total. The van der Waals surface area contributed by atoms with Crippen LogP contribution in [0, 0.1) is 0 Å². The van der Waals surface area contributed by atoms with E-state index in [-0.39, 0.29) is 0 Å². The van der Waals surface area contributed by atoms with Crippen LogP contribution in [0.15, 0.2) is 170 Å². The molecule has 7 aromatic carbocycles. The lowest BCUT2D eigenvalue weighted by Gasteiger charge is -2.22. The highest BCUT2D eigenvalue weighted by Crippen LogP contribution is 2.47. The monoisotopic (exact) mass is 600 g/mol. The van der Waals surface area contributed by atoms with Crippen LogP contribution in [0.4, 0.5) is 0 Å². The summed E-state index contributed by atoms with van der Waals surface area (Å²) in [6.07, 6.45) is 0. The number of fused-ring (bicyclic) bond motifs is 2. The highest BCUT2D eigenvalue weighted by Gasteiger charge is 2.20. The Morgan fingerprint density at radius 1 is 0.340 bits per heavy atom. The minimum Gasteiger partial charge on any atom is -0.456 e. The van der Waals surface area contributed by atoms with Gasteiger partial charge < -0.3 is 4.74 Å². The summed E-state index contributed by atoms with van der Waals surface area (Å²) in [5, 5.41) is 2.36. The number of rotatable bonds is 5. The molecule has 0 spiro atoms. The first-order chi connectivity index (χ1) is 23.3. The third kappa shape index (κ3) is 4.86. The molecule has 0 amide bonds. The summed E-state index contributed by atoms with van der Waals surface area (Å²) in [4.78, 5) is 10.2. The van der Waals surface area contributed by atoms with Gasteiger partial charge in [-0.15, -0.1) is 0 Å². The quantitative estimate of drug-likeness (QED) is 0.197. The largest absolute Gasteiger partial charge is 0.456 e. The van der Waals surface area contributed by atoms with Crippen LogP contribution in [0.3, 0.4) is 0 Å². The molecule has 9 rings (SSSR count). The second kappa shape index (κ2) is 11.2. The van der Waals surface area contributed by atoms with Crippen molar-refractivity contribution in [1.29, 1.82) is 0 Å². The number of hydrogen-bond donors (Lipinski definition) is 0. The fraction of sp³-hybridized carbons (Fsp3) is 0. The Kier molecular flexibility index (Phi) is 6.46. The van der Waals surface area contributed by atoms with Gasteiger partial charge in [0.2, 0.25) is 0 Å². The Balaban J connectivity index is 1.11. The third-order valence-corrected chi connectivity index (χ3v) is 8.92. The van der Waals surface area contributed by atoms with Crippen LogP contribution in [0.1, 0.15) is 0 Å². The summed E-state index contributed by atoms with van der Waals surface area (Å²) in [6, 6.07) is 59.0. The number of benzene rings is 7. The average molecular weight is 601 g/mol. The van der Waals surface area contributed by atoms with Crippen molar-refractivity contribution in [3.8, 4) is 78.8 Å². The molecule has 0 saturated carbocycles. The minimum atomic E-state index is 0.701. The van der Waals surface area contributed by atoms with Gasteiger partial charge in [-0.2, -0.15) is 0 Å². The van der Waals surface area contributed by atoms with Crippen LogP contribution in [0.2, 0.25) is 0 Å². The second-order valence-electron chi connectivity index (χ2n) is 11.8. The van der Waals surface area contributed by atoms with E-state index in [9.17, 15) is 0 Å². The van der Waals surface area contributed by atoms with Crippen LogP contribution in [-0.2, 0) is 0 Å². The highest BCUT2D eigenvalue weighted by atomic mass is 16.5. The lowest BCUT2D eigenvalue weighted by molar-refractivity contribution is 0.487. The second-order valence-corrected chi connectivity index (χ2v) is 11.8. The molecule has 0 bridgehead atoms. The topological polar surface area (TPSA) is 35.0 Å². The zero-order valence-electron chi connectivity index (χ0n) is 25.5. The molecule has 1 aromatic heterocycles. The minimum absolute atomic E-state index is 0.701. The average Bonchev–Trinajstić information content (AvgIpc) is 3.15. The molecule has 1 aliphatic rings. The van der Waals surface area contributed by atoms with Gasteiger partial charge >= 0.3 is 0 Å². The fourth-order valence-electron chi connectivity index (χ4n) is 6.60. The lowest BCUT2D eigenvalue weighted by Crippen LogP contribution is -1.97. The maximum absolute atomic E-state index is 6.44. The Hall–Kier alpha value is -6.32. The van der Waals surface area contributed by atoms with E-state index in [4.69, 9.17) is 14.7 Å². The van der Waals surface area contributed by atoms with Gasteiger partial charge in [0.25, 0.3) is 0 Å². The fourth-order valence-corrected chi connectivity index (χ4v) is 6.60. The summed E-state index contributed by atoms with van der Waals surface area (Å²) in [6.45, 7) is 0. The normalized spacial score (nSPS) is 11.6. The van der Waals surface area contributed by atoms with Crippen molar-refractivity contribution in [2.75, 3.05) is 0 Å². The third-order valence-electron chi connectivity index (χ3n) is 8.92. The van der Waals surface area contributed by atoms with Crippen LogP contribution >= 0.6 is 0 Å². The SMILES string of the molecule is c1ccc(-c2nc(-c3ccc(-c4ccc5c(c4)Oc4cccc6cccc-5c46)cc3)cc(-c3ccccc3-c3ccccc3)n2)cc1. The molecule has 0 fully saturated rings. The Morgan fingerprint density at radius 3 is 1.74 bits per heavy atom. The summed E-state index contributed by atoms with van der Waals surface area (Å²) in [5.74, 6) is 2.48. The van der Waals surface area contributed by atoms with Gasteiger partial charge in [-0.1, -0.05) is 146 Å². The molecule has 8 aromatic rings. The van der Waals surface area contributed by atoms with Crippen LogP contribution in [0.5, 0.6) is 11.5 Å². The predicted molar refractivity (Wildman–Crippen MR) is 192 cm³/mol. The lowest BCUT2D eigenvalue weighted by atomic mass is 9.92. The molecule has 220 valence electrons. The zero-order valence-corrected chi connectivity index (χ0v) is 25.5. The molecule has 0 unspecified atom stereocenters. The van der Waals surface area contributed by atoms with Crippen molar-refractivity contribution < 1.29 is 4.74 Å². The summed E-state index contributed by atoms with van der Waals surface area (Å²) < 4.78 is 6.44. The molecule has 0 radical (unpaired) electrons. The van der Waals surface area contributed by atoms with E-state index < -0.39 is 0 Å². The van der Waals surface area contributed by atoms with Crippen molar-refractivity contribution in [2.45, 2.75) is 0 Å². The van der Waals surface area contributed by atoms with Gasteiger partial charge in [-0.05, 0) is 57.5 Å². The molecule has 0 saturated heterocycles. The van der Waals surface area contributed by atoms with Gasteiger partial charge in [-0.25, -0.2) is 9.97 Å². The molecule has 0 atom stereocenters. The zero-order chi connectivity index (χ0) is 31.2. The van der Waals surface area contributed by atoms with Crippen molar-refractivity contribution in [2.24, 2.45) is 0 Å².